The molecule has 1 aromatic carbocycles. The van der Waals surface area contributed by atoms with E-state index in [2.05, 4.69) is 63.3 Å². The maximum absolute atomic E-state index is 5.81. The van der Waals surface area contributed by atoms with Gasteiger partial charge in [0, 0.05) is 11.1 Å². The average Bonchev–Trinajstić information content (AvgIpc) is 2.71. The zero-order valence-corrected chi connectivity index (χ0v) is 15.4. The molecule has 0 saturated carbocycles. The van der Waals surface area contributed by atoms with Crippen LogP contribution in [0.15, 0.2) is 25.8 Å². The van der Waals surface area contributed by atoms with E-state index >= 15 is 0 Å². The second kappa shape index (κ2) is 6.58. The molecule has 20 heavy (non-hydrogen) atoms. The van der Waals surface area contributed by atoms with E-state index in [1.807, 2.05) is 6.07 Å². The summed E-state index contributed by atoms with van der Waals surface area (Å²) in [6.45, 7) is 4.13. The van der Waals surface area contributed by atoms with Gasteiger partial charge in [-0.25, -0.2) is 5.43 Å². The Morgan fingerprint density at radius 1 is 1.25 bits per heavy atom. The molecule has 108 valence electrons. The highest BCUT2D eigenvalue weighted by Gasteiger charge is 2.23. The Morgan fingerprint density at radius 3 is 2.45 bits per heavy atom. The van der Waals surface area contributed by atoms with Crippen molar-refractivity contribution >= 4 is 43.2 Å². The minimum absolute atomic E-state index is 0.123. The van der Waals surface area contributed by atoms with Gasteiger partial charge in [0.05, 0.1) is 20.7 Å². The third-order valence-corrected chi connectivity index (χ3v) is 5.55. The second-order valence-electron chi connectivity index (χ2n) is 4.58. The number of rotatable bonds is 4. The van der Waals surface area contributed by atoms with Crippen molar-refractivity contribution in [1.29, 1.82) is 0 Å². The van der Waals surface area contributed by atoms with Gasteiger partial charge in [-0.15, -0.1) is 11.3 Å². The van der Waals surface area contributed by atoms with Gasteiger partial charge in [-0.3, -0.25) is 5.84 Å². The minimum atomic E-state index is -0.123. The maximum Gasteiger partial charge on any atom is 0.124 e. The molecule has 0 amide bonds. The summed E-state index contributed by atoms with van der Waals surface area (Å²) in [6.07, 6.45) is 0. The molecule has 1 aromatic heterocycles. The number of aryl methyl sites for hydroxylation is 2. The van der Waals surface area contributed by atoms with E-state index in [0.29, 0.717) is 0 Å². The lowest BCUT2D eigenvalue weighted by Crippen LogP contribution is -2.29. The van der Waals surface area contributed by atoms with E-state index < -0.39 is 0 Å². The van der Waals surface area contributed by atoms with E-state index in [1.165, 1.54) is 5.56 Å². The Labute approximate surface area is 139 Å². The zero-order chi connectivity index (χ0) is 14.9. The Bertz CT molecular complexity index is 628. The number of hydrogen-bond acceptors (Lipinski definition) is 4. The number of thiophene rings is 1. The first kappa shape index (κ1) is 16.0. The largest absolute Gasteiger partial charge is 0.496 e. The first-order valence-electron chi connectivity index (χ1n) is 6.04. The average molecular weight is 420 g/mol. The molecule has 0 radical (unpaired) electrons. The van der Waals surface area contributed by atoms with Crippen LogP contribution in [0.4, 0.5) is 0 Å². The SMILES string of the molecule is COc1cc(C)cc(C)c1C(NN)c1cc(Br)sc1Br. The summed E-state index contributed by atoms with van der Waals surface area (Å²) in [6, 6.07) is 6.11. The van der Waals surface area contributed by atoms with E-state index in [-0.39, 0.29) is 6.04 Å². The number of methoxy groups -OCH3 is 1. The highest BCUT2D eigenvalue weighted by Crippen LogP contribution is 2.41. The maximum atomic E-state index is 5.81. The summed E-state index contributed by atoms with van der Waals surface area (Å²) >= 11 is 8.73. The van der Waals surface area contributed by atoms with Gasteiger partial charge in [0.2, 0.25) is 0 Å². The first-order chi connectivity index (χ1) is 9.47. The fourth-order valence-electron chi connectivity index (χ4n) is 2.36. The zero-order valence-electron chi connectivity index (χ0n) is 11.5. The van der Waals surface area contributed by atoms with E-state index in [4.69, 9.17) is 10.6 Å². The molecule has 1 heterocycles. The van der Waals surface area contributed by atoms with Gasteiger partial charge < -0.3 is 4.74 Å². The molecule has 0 fully saturated rings. The molecule has 0 aliphatic rings. The standard InChI is InChI=1S/C14H16Br2N2OS/c1-7-4-8(2)12(10(5-7)19-3)13(18-17)9-6-11(15)20-14(9)16/h4-6,13,18H,17H2,1-3H3. The van der Waals surface area contributed by atoms with Crippen LogP contribution in [-0.4, -0.2) is 7.11 Å². The second-order valence-corrected chi connectivity index (χ2v) is 8.33. The minimum Gasteiger partial charge on any atom is -0.496 e. The number of nitrogens with one attached hydrogen (secondary N) is 1. The molecular formula is C14H16Br2N2OS. The molecule has 2 aromatic rings. The van der Waals surface area contributed by atoms with Gasteiger partial charge in [-0.05, 0) is 69.0 Å². The quantitative estimate of drug-likeness (QED) is 0.568. The summed E-state index contributed by atoms with van der Waals surface area (Å²) in [4.78, 5) is 0. The van der Waals surface area contributed by atoms with Gasteiger partial charge >= 0.3 is 0 Å². The molecule has 0 spiro atoms. The number of nitrogens with two attached hydrogens (primary N) is 1. The van der Waals surface area contributed by atoms with Gasteiger partial charge in [-0.1, -0.05) is 6.07 Å². The monoisotopic (exact) mass is 418 g/mol. The molecule has 1 atom stereocenters. The van der Waals surface area contributed by atoms with E-state index in [1.54, 1.807) is 18.4 Å². The Kier molecular flexibility index (Phi) is 5.25. The number of benzene rings is 1. The normalized spacial score (nSPS) is 12.5. The molecule has 3 nitrogen and oxygen atoms in total. The van der Waals surface area contributed by atoms with Crippen LogP contribution >= 0.6 is 43.2 Å². The van der Waals surface area contributed by atoms with Crippen molar-refractivity contribution in [3.63, 3.8) is 0 Å². The number of hydrazine groups is 1. The van der Waals surface area contributed by atoms with Crippen molar-refractivity contribution in [1.82, 2.24) is 5.43 Å². The summed E-state index contributed by atoms with van der Waals surface area (Å²) < 4.78 is 7.65. The Balaban J connectivity index is 2.60. The van der Waals surface area contributed by atoms with Crippen LogP contribution in [0.2, 0.25) is 0 Å². The highest BCUT2D eigenvalue weighted by molar-refractivity contribution is 9.12. The summed E-state index contributed by atoms with van der Waals surface area (Å²) in [5, 5.41) is 0. The van der Waals surface area contributed by atoms with Gasteiger partial charge in [0.1, 0.15) is 5.75 Å². The van der Waals surface area contributed by atoms with Crippen LogP contribution < -0.4 is 16.0 Å². The van der Waals surface area contributed by atoms with Crippen molar-refractivity contribution in [3.8, 4) is 5.75 Å². The lowest BCUT2D eigenvalue weighted by atomic mass is 9.94. The van der Waals surface area contributed by atoms with Crippen molar-refractivity contribution in [3.05, 3.63) is 48.0 Å². The van der Waals surface area contributed by atoms with Crippen molar-refractivity contribution in [2.45, 2.75) is 19.9 Å². The van der Waals surface area contributed by atoms with Crippen molar-refractivity contribution in [2.24, 2.45) is 5.84 Å². The topological polar surface area (TPSA) is 47.3 Å². The molecule has 1 unspecified atom stereocenters. The molecular weight excluding hydrogens is 404 g/mol. The predicted octanol–water partition coefficient (Wildman–Crippen LogP) is 4.45. The van der Waals surface area contributed by atoms with Crippen LogP contribution in [-0.2, 0) is 0 Å². The van der Waals surface area contributed by atoms with Crippen LogP contribution in [0.25, 0.3) is 0 Å². The Morgan fingerprint density at radius 2 is 1.95 bits per heavy atom. The number of ether oxygens (including phenoxy) is 1. The highest BCUT2D eigenvalue weighted by atomic mass is 79.9. The fraction of sp³-hybridized carbons (Fsp3) is 0.286. The van der Waals surface area contributed by atoms with Crippen LogP contribution in [0.1, 0.15) is 28.3 Å². The molecule has 6 heteroatoms. The lowest BCUT2D eigenvalue weighted by molar-refractivity contribution is 0.403. The molecule has 0 saturated heterocycles. The third kappa shape index (κ3) is 3.09. The van der Waals surface area contributed by atoms with Crippen LogP contribution in [0.3, 0.4) is 0 Å². The van der Waals surface area contributed by atoms with Crippen LogP contribution in [0.5, 0.6) is 5.75 Å². The fourth-order valence-corrected chi connectivity index (χ4v) is 5.26. The summed E-state index contributed by atoms with van der Waals surface area (Å²) in [7, 11) is 1.68. The van der Waals surface area contributed by atoms with Crippen molar-refractivity contribution in [2.75, 3.05) is 7.11 Å². The van der Waals surface area contributed by atoms with Gasteiger partial charge in [-0.2, -0.15) is 0 Å². The van der Waals surface area contributed by atoms with Crippen molar-refractivity contribution < 1.29 is 4.74 Å². The predicted molar refractivity (Wildman–Crippen MR) is 91.4 cm³/mol. The molecule has 0 aliphatic carbocycles. The van der Waals surface area contributed by atoms with E-state index in [9.17, 15) is 0 Å². The summed E-state index contributed by atoms with van der Waals surface area (Å²) in [5.41, 5.74) is 7.38. The lowest BCUT2D eigenvalue weighted by Gasteiger charge is -2.22. The van der Waals surface area contributed by atoms with Gasteiger partial charge in [0.15, 0.2) is 0 Å². The number of hydrogen-bond donors (Lipinski definition) is 2. The van der Waals surface area contributed by atoms with E-state index in [0.717, 1.165) is 30.0 Å². The Hall–Kier alpha value is -0.400. The first-order valence-corrected chi connectivity index (χ1v) is 8.44. The molecule has 0 bridgehead atoms. The smallest absolute Gasteiger partial charge is 0.124 e. The molecule has 2 rings (SSSR count). The van der Waals surface area contributed by atoms with Gasteiger partial charge in [0.25, 0.3) is 0 Å². The molecule has 3 N–H and O–H groups in total. The number of halogens is 2. The summed E-state index contributed by atoms with van der Waals surface area (Å²) in [5.74, 6) is 6.66. The molecule has 0 aliphatic heterocycles. The third-order valence-electron chi connectivity index (χ3n) is 3.16. The van der Waals surface area contributed by atoms with Crippen LogP contribution in [0, 0.1) is 13.8 Å².